The molecule has 9 heteroatoms. The first kappa shape index (κ1) is 21.5. The van der Waals surface area contributed by atoms with Gasteiger partial charge in [-0.1, -0.05) is 42.4 Å². The van der Waals surface area contributed by atoms with Crippen molar-refractivity contribution in [3.05, 3.63) is 81.8 Å². The molecule has 0 unspecified atom stereocenters. The van der Waals surface area contributed by atoms with Gasteiger partial charge in [0.25, 0.3) is 0 Å². The lowest BCUT2D eigenvalue weighted by molar-refractivity contribution is -0.764. The van der Waals surface area contributed by atoms with E-state index in [4.69, 9.17) is 16.0 Å². The number of H-pyrrole nitrogens is 1. The van der Waals surface area contributed by atoms with Crippen molar-refractivity contribution >= 4 is 35.0 Å². The Labute approximate surface area is 199 Å². The van der Waals surface area contributed by atoms with Crippen LogP contribution in [0.5, 0.6) is 0 Å². The Bertz CT molecular complexity index is 1410. The second kappa shape index (κ2) is 8.53. The lowest BCUT2D eigenvalue weighted by Crippen LogP contribution is -2.60. The summed E-state index contributed by atoms with van der Waals surface area (Å²) >= 11 is 7.34. The number of carbonyl (C=O) groups excluding carboxylic acids is 1. The molecular formula is C24H20ClN4O3S+. The Morgan fingerprint density at radius 2 is 1.94 bits per heavy atom. The molecule has 2 aromatic carbocycles. The first-order valence-corrected chi connectivity index (χ1v) is 12.0. The quantitative estimate of drug-likeness (QED) is 0.340. The van der Waals surface area contributed by atoms with Gasteiger partial charge in [0, 0.05) is 22.1 Å². The number of nitrogens with one attached hydrogen (secondary N) is 1. The molecular weight excluding hydrogens is 460 g/mol. The molecule has 3 heterocycles. The van der Waals surface area contributed by atoms with E-state index in [1.165, 1.54) is 11.8 Å². The molecule has 0 saturated carbocycles. The topological polar surface area (TPSA) is 83.1 Å². The zero-order valence-corrected chi connectivity index (χ0v) is 19.5. The van der Waals surface area contributed by atoms with E-state index in [1.54, 1.807) is 21.7 Å². The SMILES string of the molecule is CCC(=O)N1c2ccccc2-c2c(=O)[nH]c(SC)n[n+]2[C@@H]1c1ccc(-c2ccc(Cl)cc2)o1. The summed E-state index contributed by atoms with van der Waals surface area (Å²) in [7, 11) is 0. The van der Waals surface area contributed by atoms with Crippen LogP contribution in [0.4, 0.5) is 5.69 Å². The summed E-state index contributed by atoms with van der Waals surface area (Å²) in [4.78, 5) is 30.8. The minimum absolute atomic E-state index is 0.108. The minimum Gasteiger partial charge on any atom is -0.452 e. The summed E-state index contributed by atoms with van der Waals surface area (Å²) in [6.45, 7) is 1.81. The number of nitrogens with zero attached hydrogens (tertiary/aromatic N) is 3. The number of hydrogen-bond donors (Lipinski definition) is 1. The van der Waals surface area contributed by atoms with Crippen LogP contribution in [0.2, 0.25) is 5.02 Å². The van der Waals surface area contributed by atoms with Crippen molar-refractivity contribution in [2.24, 2.45) is 0 Å². The molecule has 0 fully saturated rings. The van der Waals surface area contributed by atoms with Gasteiger partial charge in [-0.05, 0) is 59.5 Å². The molecule has 1 N–H and O–H groups in total. The molecule has 1 aliphatic rings. The lowest BCUT2D eigenvalue weighted by atomic mass is 10.0. The van der Waals surface area contributed by atoms with Crippen LogP contribution in [0.15, 0.2) is 75.0 Å². The fourth-order valence-corrected chi connectivity index (χ4v) is 4.51. The number of amides is 1. The van der Waals surface area contributed by atoms with Crippen LogP contribution in [0.3, 0.4) is 0 Å². The van der Waals surface area contributed by atoms with E-state index in [2.05, 4.69) is 10.1 Å². The standard InChI is InChI=1S/C24H19ClN4O3S/c1-3-20(30)28-17-7-5-4-6-16(17)21-22(31)26-24(33-2)27-29(21)23(28)19-13-12-18(32-19)14-8-10-15(25)11-9-14/h4-13,23H,3H2,1-2H3/p+1/t23-/m1/s1. The monoisotopic (exact) mass is 479 g/mol. The van der Waals surface area contributed by atoms with Crippen molar-refractivity contribution in [1.29, 1.82) is 0 Å². The molecule has 166 valence electrons. The van der Waals surface area contributed by atoms with E-state index in [-0.39, 0.29) is 17.9 Å². The highest BCUT2D eigenvalue weighted by Gasteiger charge is 2.47. The fourth-order valence-electron chi connectivity index (χ4n) is 4.02. The Morgan fingerprint density at radius 1 is 1.18 bits per heavy atom. The van der Waals surface area contributed by atoms with Gasteiger partial charge in [0.15, 0.2) is 5.76 Å². The summed E-state index contributed by atoms with van der Waals surface area (Å²) in [6, 6.07) is 18.3. The van der Waals surface area contributed by atoms with Crippen LogP contribution in [0.1, 0.15) is 25.3 Å². The highest BCUT2D eigenvalue weighted by molar-refractivity contribution is 7.98. The number of furan rings is 1. The highest BCUT2D eigenvalue weighted by atomic mass is 35.5. The Hall–Kier alpha value is -3.36. The Morgan fingerprint density at radius 3 is 2.67 bits per heavy atom. The molecule has 1 atom stereocenters. The van der Waals surface area contributed by atoms with Crippen LogP contribution >= 0.6 is 23.4 Å². The van der Waals surface area contributed by atoms with Gasteiger partial charge >= 0.3 is 17.4 Å². The number of carbonyl (C=O) groups is 1. The minimum atomic E-state index is -0.753. The van der Waals surface area contributed by atoms with Gasteiger partial charge in [-0.2, -0.15) is 0 Å². The van der Waals surface area contributed by atoms with Crippen LogP contribution in [0, 0.1) is 0 Å². The van der Waals surface area contributed by atoms with Crippen LogP contribution in [0.25, 0.3) is 22.6 Å². The lowest BCUT2D eigenvalue weighted by Gasteiger charge is -2.30. The first-order valence-electron chi connectivity index (χ1n) is 10.4. The van der Waals surface area contributed by atoms with E-state index >= 15 is 0 Å². The molecule has 1 amide bonds. The molecule has 7 nitrogen and oxygen atoms in total. The smallest absolute Gasteiger partial charge is 0.325 e. The van der Waals surface area contributed by atoms with Gasteiger partial charge in [0.05, 0.1) is 11.3 Å². The third kappa shape index (κ3) is 3.65. The summed E-state index contributed by atoms with van der Waals surface area (Å²) in [6.07, 6.45) is 1.36. The average molecular weight is 480 g/mol. The molecule has 33 heavy (non-hydrogen) atoms. The van der Waals surface area contributed by atoms with Crippen molar-refractivity contribution in [3.63, 3.8) is 0 Å². The van der Waals surface area contributed by atoms with Crippen molar-refractivity contribution in [2.75, 3.05) is 11.2 Å². The average Bonchev–Trinajstić information content (AvgIpc) is 3.32. The molecule has 0 radical (unpaired) electrons. The summed E-state index contributed by atoms with van der Waals surface area (Å²) in [5, 5.41) is 5.74. The van der Waals surface area contributed by atoms with E-state index in [0.29, 0.717) is 38.6 Å². The second-order valence-electron chi connectivity index (χ2n) is 7.47. The molecule has 0 bridgehead atoms. The number of aromatic amines is 1. The van der Waals surface area contributed by atoms with E-state index in [1.807, 2.05) is 61.7 Å². The van der Waals surface area contributed by atoms with E-state index in [0.717, 1.165) is 5.56 Å². The molecule has 2 aromatic heterocycles. The zero-order chi connectivity index (χ0) is 23.1. The molecule has 0 aliphatic carbocycles. The molecule has 0 spiro atoms. The van der Waals surface area contributed by atoms with Crippen molar-refractivity contribution < 1.29 is 13.9 Å². The van der Waals surface area contributed by atoms with Gasteiger partial charge in [0.2, 0.25) is 11.1 Å². The molecule has 1 aliphatic heterocycles. The van der Waals surface area contributed by atoms with Crippen molar-refractivity contribution in [2.45, 2.75) is 24.7 Å². The highest BCUT2D eigenvalue weighted by Crippen LogP contribution is 2.38. The van der Waals surface area contributed by atoms with Crippen LogP contribution < -0.4 is 15.1 Å². The Balaban J connectivity index is 1.75. The second-order valence-corrected chi connectivity index (χ2v) is 8.70. The maximum Gasteiger partial charge on any atom is 0.325 e. The number of rotatable bonds is 4. The number of thioether (sulfide) groups is 1. The van der Waals surface area contributed by atoms with E-state index < -0.39 is 6.17 Å². The third-order valence-electron chi connectivity index (χ3n) is 5.53. The number of fused-ring (bicyclic) bond motifs is 3. The van der Waals surface area contributed by atoms with Crippen LogP contribution in [-0.2, 0) is 4.79 Å². The zero-order valence-electron chi connectivity index (χ0n) is 17.9. The van der Waals surface area contributed by atoms with Gasteiger partial charge in [-0.15, -0.1) is 0 Å². The molecule has 4 aromatic rings. The summed E-state index contributed by atoms with van der Waals surface area (Å²) in [5.74, 6) is 1.01. The largest absolute Gasteiger partial charge is 0.452 e. The van der Waals surface area contributed by atoms with Crippen molar-refractivity contribution in [1.82, 2.24) is 10.1 Å². The van der Waals surface area contributed by atoms with Crippen molar-refractivity contribution in [3.8, 4) is 22.6 Å². The van der Waals surface area contributed by atoms with Gasteiger partial charge < -0.3 is 4.42 Å². The molecule has 5 rings (SSSR count). The first-order chi connectivity index (χ1) is 16.0. The third-order valence-corrected chi connectivity index (χ3v) is 6.36. The number of para-hydroxylation sites is 1. The normalized spacial score (nSPS) is 14.6. The number of benzene rings is 2. The summed E-state index contributed by atoms with van der Waals surface area (Å²) in [5.41, 5.74) is 2.23. The number of aromatic nitrogens is 3. The van der Waals surface area contributed by atoms with Gasteiger partial charge in [0.1, 0.15) is 5.76 Å². The fraction of sp³-hybridized carbons (Fsp3) is 0.167. The van der Waals surface area contributed by atoms with Crippen LogP contribution in [-0.4, -0.2) is 22.2 Å². The number of halogens is 1. The van der Waals surface area contributed by atoms with E-state index in [9.17, 15) is 9.59 Å². The summed E-state index contributed by atoms with van der Waals surface area (Å²) < 4.78 is 7.83. The number of anilines is 1. The number of hydrogen-bond acceptors (Lipinski definition) is 5. The predicted molar refractivity (Wildman–Crippen MR) is 127 cm³/mol. The molecule has 0 saturated heterocycles. The predicted octanol–water partition coefficient (Wildman–Crippen LogP) is 4.66. The maximum atomic E-state index is 13.2. The van der Waals surface area contributed by atoms with Gasteiger partial charge in [-0.3, -0.25) is 14.6 Å². The maximum absolute atomic E-state index is 13.2. The Kier molecular flexibility index (Phi) is 5.55. The van der Waals surface area contributed by atoms with Gasteiger partial charge in [-0.25, -0.2) is 4.90 Å².